The molecule has 2 amide bonds. The van der Waals surface area contributed by atoms with E-state index in [1.807, 2.05) is 6.92 Å². The smallest absolute Gasteiger partial charge is 0.271 e. The molecule has 0 spiro atoms. The Hall–Kier alpha value is -2.62. The van der Waals surface area contributed by atoms with Gasteiger partial charge >= 0.3 is 0 Å². The lowest BCUT2D eigenvalue weighted by Crippen LogP contribution is -2.35. The topological polar surface area (TPSA) is 160 Å². The van der Waals surface area contributed by atoms with E-state index in [4.69, 9.17) is 29.1 Å². The van der Waals surface area contributed by atoms with Crippen LogP contribution in [0.5, 0.6) is 0 Å². The van der Waals surface area contributed by atoms with Gasteiger partial charge in [-0.3, -0.25) is 9.59 Å². The number of nitrogens with two attached hydrogens (primary N) is 2. The van der Waals surface area contributed by atoms with Gasteiger partial charge < -0.3 is 27.5 Å². The molecule has 1 unspecified atom stereocenters. The van der Waals surface area contributed by atoms with Crippen LogP contribution < -0.4 is 22.1 Å². The molecular formula is C14H21N7O2S. The molecule has 0 aliphatic rings. The third-order valence-corrected chi connectivity index (χ3v) is 3.18. The molecule has 0 saturated carbocycles. The quantitative estimate of drug-likeness (QED) is 0.325. The predicted molar refractivity (Wildman–Crippen MR) is 96.3 cm³/mol. The number of rotatable bonds is 9. The molecule has 0 aliphatic carbocycles. The van der Waals surface area contributed by atoms with E-state index < -0.39 is 17.9 Å². The first kappa shape index (κ1) is 19.4. The van der Waals surface area contributed by atoms with Crippen LogP contribution in [0.2, 0.25) is 0 Å². The van der Waals surface area contributed by atoms with Crippen molar-refractivity contribution in [2.24, 2.45) is 11.5 Å². The zero-order valence-electron chi connectivity index (χ0n) is 13.5. The van der Waals surface area contributed by atoms with Gasteiger partial charge in [-0.25, -0.2) is 9.97 Å². The third kappa shape index (κ3) is 5.88. The van der Waals surface area contributed by atoms with Crippen LogP contribution in [-0.2, 0) is 4.79 Å². The van der Waals surface area contributed by atoms with Gasteiger partial charge in [0.1, 0.15) is 11.9 Å². The number of hydrogen-bond acceptors (Lipinski definition) is 7. The Bertz CT molecular complexity index is 663. The summed E-state index contributed by atoms with van der Waals surface area (Å²) in [6, 6.07) is -0.604. The Labute approximate surface area is 145 Å². The van der Waals surface area contributed by atoms with E-state index in [0.717, 1.165) is 6.42 Å². The van der Waals surface area contributed by atoms with Gasteiger partial charge in [0.2, 0.25) is 5.91 Å². The van der Waals surface area contributed by atoms with Crippen molar-refractivity contribution in [3.63, 3.8) is 0 Å². The van der Waals surface area contributed by atoms with Gasteiger partial charge in [0.05, 0.1) is 11.2 Å². The lowest BCUT2D eigenvalue weighted by atomic mass is 10.1. The Morgan fingerprint density at radius 3 is 2.58 bits per heavy atom. The van der Waals surface area contributed by atoms with Crippen LogP contribution in [-0.4, -0.2) is 38.5 Å². The summed E-state index contributed by atoms with van der Waals surface area (Å²) >= 11 is 5.11. The van der Waals surface area contributed by atoms with E-state index in [-0.39, 0.29) is 23.8 Å². The standard InChI is InChI=1S/C14H21N7O2S/c1-3-4-8(12(16)22)19-9-6-18-11(13(17)23)14(20-9)21-10(24)5-7(2)15/h6,8,15H,3-5H2,1-2H3,(H2,16,22)(H2,17,23)(H2,19,20,21,24). The molecular weight excluding hydrogens is 330 g/mol. The third-order valence-electron chi connectivity index (χ3n) is 2.93. The number of nitrogens with zero attached hydrogens (tertiary/aromatic N) is 2. The van der Waals surface area contributed by atoms with Gasteiger partial charge in [-0.1, -0.05) is 25.6 Å². The molecule has 7 N–H and O–H groups in total. The summed E-state index contributed by atoms with van der Waals surface area (Å²) in [7, 11) is 0. The fraction of sp³-hybridized carbons (Fsp3) is 0.429. The fourth-order valence-corrected chi connectivity index (χ4v) is 2.21. The summed E-state index contributed by atoms with van der Waals surface area (Å²) in [6.07, 6.45) is 2.79. The van der Waals surface area contributed by atoms with Gasteiger partial charge in [0.25, 0.3) is 5.91 Å². The summed E-state index contributed by atoms with van der Waals surface area (Å²) in [5.41, 5.74) is 10.9. The van der Waals surface area contributed by atoms with Gasteiger partial charge in [-0.2, -0.15) is 0 Å². The monoisotopic (exact) mass is 351 g/mol. The van der Waals surface area contributed by atoms with Crippen molar-refractivity contribution in [1.29, 1.82) is 5.41 Å². The fourth-order valence-electron chi connectivity index (χ4n) is 1.90. The number of primary amides is 2. The minimum Gasteiger partial charge on any atom is -0.368 e. The molecule has 0 aromatic carbocycles. The van der Waals surface area contributed by atoms with Crippen LogP contribution in [0, 0.1) is 5.41 Å². The molecule has 24 heavy (non-hydrogen) atoms. The zero-order valence-corrected chi connectivity index (χ0v) is 14.4. The number of nitrogens with one attached hydrogen (secondary N) is 3. The number of aromatic nitrogens is 2. The summed E-state index contributed by atoms with van der Waals surface area (Å²) in [6.45, 7) is 3.53. The summed E-state index contributed by atoms with van der Waals surface area (Å²) in [5.74, 6) is -0.958. The highest BCUT2D eigenvalue weighted by Crippen LogP contribution is 2.15. The maximum absolute atomic E-state index is 11.5. The van der Waals surface area contributed by atoms with Crippen LogP contribution in [0.3, 0.4) is 0 Å². The highest BCUT2D eigenvalue weighted by Gasteiger charge is 2.18. The molecule has 0 radical (unpaired) electrons. The largest absolute Gasteiger partial charge is 0.368 e. The molecule has 0 fully saturated rings. The number of carbonyl (C=O) groups is 2. The Kier molecular flexibility index (Phi) is 7.18. The van der Waals surface area contributed by atoms with E-state index in [9.17, 15) is 9.59 Å². The van der Waals surface area contributed by atoms with Crippen molar-refractivity contribution in [2.75, 3.05) is 10.6 Å². The molecule has 1 atom stereocenters. The molecule has 10 heteroatoms. The Morgan fingerprint density at radius 1 is 1.42 bits per heavy atom. The van der Waals surface area contributed by atoms with Crippen LogP contribution in [0.1, 0.15) is 43.6 Å². The molecule has 1 heterocycles. The van der Waals surface area contributed by atoms with Crippen LogP contribution in [0.4, 0.5) is 11.6 Å². The number of thiocarbonyl (C=S) groups is 1. The van der Waals surface area contributed by atoms with Crippen molar-refractivity contribution >= 4 is 46.4 Å². The van der Waals surface area contributed by atoms with Crippen LogP contribution in [0.25, 0.3) is 0 Å². The normalized spacial score (nSPS) is 11.4. The van der Waals surface area contributed by atoms with Crippen molar-refractivity contribution in [3.8, 4) is 0 Å². The summed E-state index contributed by atoms with van der Waals surface area (Å²) in [4.78, 5) is 31.4. The van der Waals surface area contributed by atoms with Crippen molar-refractivity contribution in [1.82, 2.24) is 9.97 Å². The average molecular weight is 351 g/mol. The number of amides is 2. The first-order chi connectivity index (χ1) is 11.2. The van der Waals surface area contributed by atoms with Gasteiger partial charge in [0.15, 0.2) is 11.5 Å². The number of hydrogen-bond donors (Lipinski definition) is 5. The highest BCUT2D eigenvalue weighted by atomic mass is 32.1. The van der Waals surface area contributed by atoms with Crippen molar-refractivity contribution < 1.29 is 9.59 Å². The second-order valence-corrected chi connectivity index (χ2v) is 5.70. The van der Waals surface area contributed by atoms with E-state index >= 15 is 0 Å². The first-order valence-electron chi connectivity index (χ1n) is 7.31. The maximum atomic E-state index is 11.5. The highest BCUT2D eigenvalue weighted by molar-refractivity contribution is 7.80. The second kappa shape index (κ2) is 8.87. The van der Waals surface area contributed by atoms with Crippen LogP contribution in [0.15, 0.2) is 6.20 Å². The van der Waals surface area contributed by atoms with Crippen LogP contribution >= 0.6 is 12.2 Å². The lowest BCUT2D eigenvalue weighted by Gasteiger charge is -2.16. The van der Waals surface area contributed by atoms with Gasteiger partial charge in [0, 0.05) is 12.1 Å². The average Bonchev–Trinajstić information content (AvgIpc) is 2.45. The molecule has 0 saturated heterocycles. The molecule has 1 rings (SSSR count). The minimum absolute atomic E-state index is 0.0680. The SMILES string of the molecule is CCCC(Nc1cnc(C(N)=O)c(NC(=S)CC(C)=N)n1)C(N)=O. The molecule has 130 valence electrons. The Morgan fingerprint density at radius 2 is 2.08 bits per heavy atom. The van der Waals surface area contributed by atoms with E-state index in [1.165, 1.54) is 6.20 Å². The van der Waals surface area contributed by atoms with Crippen molar-refractivity contribution in [2.45, 2.75) is 39.2 Å². The van der Waals surface area contributed by atoms with Gasteiger partial charge in [-0.05, 0) is 13.3 Å². The van der Waals surface area contributed by atoms with E-state index in [1.54, 1.807) is 6.92 Å². The number of anilines is 2. The molecule has 0 aliphatic heterocycles. The maximum Gasteiger partial charge on any atom is 0.271 e. The molecule has 0 bridgehead atoms. The van der Waals surface area contributed by atoms with Gasteiger partial charge in [-0.15, -0.1) is 0 Å². The van der Waals surface area contributed by atoms with E-state index in [0.29, 0.717) is 17.1 Å². The Balaban J connectivity index is 3.06. The molecule has 1 aromatic rings. The molecule has 1 aromatic heterocycles. The first-order valence-corrected chi connectivity index (χ1v) is 7.72. The minimum atomic E-state index is -0.772. The van der Waals surface area contributed by atoms with Crippen molar-refractivity contribution in [3.05, 3.63) is 11.9 Å². The predicted octanol–water partition coefficient (Wildman–Crippen LogP) is 0.810. The lowest BCUT2D eigenvalue weighted by molar-refractivity contribution is -0.118. The molecule has 9 nitrogen and oxygen atoms in total. The summed E-state index contributed by atoms with van der Waals surface area (Å²) in [5, 5.41) is 13.1. The van der Waals surface area contributed by atoms with E-state index in [2.05, 4.69) is 20.6 Å². The summed E-state index contributed by atoms with van der Waals surface area (Å²) < 4.78 is 0. The number of carbonyl (C=O) groups excluding carboxylic acids is 2. The second-order valence-electron chi connectivity index (χ2n) is 5.21. The zero-order chi connectivity index (χ0) is 18.3.